The van der Waals surface area contributed by atoms with Gasteiger partial charge < -0.3 is 10.2 Å². The number of rotatable bonds is 4. The smallest absolute Gasteiger partial charge is 0.255 e. The Morgan fingerprint density at radius 1 is 1.45 bits per heavy atom. The first kappa shape index (κ1) is 15.4. The van der Waals surface area contributed by atoms with Crippen molar-refractivity contribution in [3.05, 3.63) is 28.5 Å². The van der Waals surface area contributed by atoms with Gasteiger partial charge in [0.1, 0.15) is 0 Å². The van der Waals surface area contributed by atoms with Crippen molar-refractivity contribution in [2.24, 2.45) is 5.92 Å². The molecule has 1 aromatic rings. The Labute approximate surface area is 129 Å². The van der Waals surface area contributed by atoms with Crippen molar-refractivity contribution in [2.75, 3.05) is 19.6 Å². The van der Waals surface area contributed by atoms with Gasteiger partial charge >= 0.3 is 0 Å². The zero-order chi connectivity index (χ0) is 14.5. The largest absolute Gasteiger partial charge is 0.336 e. The lowest BCUT2D eigenvalue weighted by Gasteiger charge is -2.33. The van der Waals surface area contributed by atoms with Gasteiger partial charge in [-0.3, -0.25) is 9.78 Å². The van der Waals surface area contributed by atoms with Crippen molar-refractivity contribution in [1.29, 1.82) is 0 Å². The number of carbonyl (C=O) groups excluding carboxylic acids is 1. The molecule has 0 aliphatic carbocycles. The summed E-state index contributed by atoms with van der Waals surface area (Å²) >= 11 is 3.37. The number of hydrogen-bond acceptors (Lipinski definition) is 3. The number of pyridine rings is 1. The first-order valence-electron chi connectivity index (χ1n) is 7.20. The van der Waals surface area contributed by atoms with E-state index in [2.05, 4.69) is 40.1 Å². The molecule has 1 aliphatic heterocycles. The lowest BCUT2D eigenvalue weighted by molar-refractivity contribution is 0.0657. The summed E-state index contributed by atoms with van der Waals surface area (Å²) in [6.45, 7) is 7.10. The molecule has 0 spiro atoms. The number of halogens is 1. The van der Waals surface area contributed by atoms with E-state index in [1.165, 1.54) is 0 Å². The summed E-state index contributed by atoms with van der Waals surface area (Å²) in [4.78, 5) is 18.7. The van der Waals surface area contributed by atoms with Crippen LogP contribution in [0.3, 0.4) is 0 Å². The van der Waals surface area contributed by atoms with Crippen LogP contribution in [-0.2, 0) is 0 Å². The Morgan fingerprint density at radius 3 is 2.75 bits per heavy atom. The van der Waals surface area contributed by atoms with Gasteiger partial charge in [-0.1, -0.05) is 0 Å². The highest BCUT2D eigenvalue weighted by Gasteiger charge is 2.24. The van der Waals surface area contributed by atoms with Gasteiger partial charge in [-0.05, 0) is 67.7 Å². The topological polar surface area (TPSA) is 45.2 Å². The molecule has 110 valence electrons. The van der Waals surface area contributed by atoms with Crippen LogP contribution in [-0.4, -0.2) is 41.5 Å². The van der Waals surface area contributed by atoms with Crippen molar-refractivity contribution in [3.8, 4) is 0 Å². The molecule has 5 heteroatoms. The summed E-state index contributed by atoms with van der Waals surface area (Å²) in [7, 11) is 0. The molecule has 1 fully saturated rings. The highest BCUT2D eigenvalue weighted by atomic mass is 79.9. The average molecular weight is 340 g/mol. The minimum Gasteiger partial charge on any atom is -0.336 e. The second kappa shape index (κ2) is 7.18. The lowest BCUT2D eigenvalue weighted by atomic mass is 9.96. The van der Waals surface area contributed by atoms with Crippen LogP contribution in [0.1, 0.15) is 37.0 Å². The van der Waals surface area contributed by atoms with Gasteiger partial charge in [0.2, 0.25) is 0 Å². The Hall–Kier alpha value is -0.940. The zero-order valence-corrected chi connectivity index (χ0v) is 13.7. The number of aromatic nitrogens is 1. The summed E-state index contributed by atoms with van der Waals surface area (Å²) < 4.78 is 0.842. The number of nitrogens with zero attached hydrogens (tertiary/aromatic N) is 2. The SMILES string of the molecule is CC(C)N(CC1CCNCC1)C(=O)c1cncc(Br)c1. The molecule has 1 aromatic heterocycles. The maximum atomic E-state index is 12.7. The second-order valence-electron chi connectivity index (χ2n) is 5.64. The number of carbonyl (C=O) groups is 1. The van der Waals surface area contributed by atoms with Gasteiger partial charge in [0.15, 0.2) is 0 Å². The van der Waals surface area contributed by atoms with Crippen molar-refractivity contribution >= 4 is 21.8 Å². The summed E-state index contributed by atoms with van der Waals surface area (Å²) in [5, 5.41) is 3.37. The maximum Gasteiger partial charge on any atom is 0.255 e. The molecule has 0 atom stereocenters. The third-order valence-corrected chi connectivity index (χ3v) is 4.18. The van der Waals surface area contributed by atoms with Crippen LogP contribution in [0.5, 0.6) is 0 Å². The minimum absolute atomic E-state index is 0.0762. The number of nitrogens with one attached hydrogen (secondary N) is 1. The van der Waals surface area contributed by atoms with Crippen molar-refractivity contribution in [3.63, 3.8) is 0 Å². The fourth-order valence-electron chi connectivity index (χ4n) is 2.57. The van der Waals surface area contributed by atoms with Crippen molar-refractivity contribution in [2.45, 2.75) is 32.7 Å². The van der Waals surface area contributed by atoms with Gasteiger partial charge in [-0.15, -0.1) is 0 Å². The molecule has 2 rings (SSSR count). The molecule has 1 amide bonds. The Balaban J connectivity index is 2.09. The summed E-state index contributed by atoms with van der Waals surface area (Å²) in [6, 6.07) is 2.05. The van der Waals surface area contributed by atoms with Crippen LogP contribution in [0.2, 0.25) is 0 Å². The fraction of sp³-hybridized carbons (Fsp3) is 0.600. The van der Waals surface area contributed by atoms with E-state index in [1.54, 1.807) is 12.4 Å². The van der Waals surface area contributed by atoms with Gasteiger partial charge in [0.25, 0.3) is 5.91 Å². The predicted octanol–water partition coefficient (Wildman–Crippen LogP) is 2.69. The first-order valence-corrected chi connectivity index (χ1v) is 7.99. The molecule has 0 radical (unpaired) electrons. The summed E-state index contributed by atoms with van der Waals surface area (Å²) in [6.07, 6.45) is 5.63. The molecule has 0 bridgehead atoms. The molecule has 0 unspecified atom stereocenters. The third kappa shape index (κ3) is 4.03. The second-order valence-corrected chi connectivity index (χ2v) is 6.55. The van der Waals surface area contributed by atoms with Crippen molar-refractivity contribution in [1.82, 2.24) is 15.2 Å². The zero-order valence-electron chi connectivity index (χ0n) is 12.1. The molecule has 0 aromatic carbocycles. The number of piperidine rings is 1. The van der Waals surface area contributed by atoms with E-state index >= 15 is 0 Å². The van der Waals surface area contributed by atoms with E-state index in [0.717, 1.165) is 36.9 Å². The average Bonchev–Trinajstić information content (AvgIpc) is 2.45. The molecule has 20 heavy (non-hydrogen) atoms. The molecular weight excluding hydrogens is 318 g/mol. The molecule has 4 nitrogen and oxygen atoms in total. The van der Waals surface area contributed by atoms with Crippen molar-refractivity contribution < 1.29 is 4.79 Å². The maximum absolute atomic E-state index is 12.7. The quantitative estimate of drug-likeness (QED) is 0.917. The molecule has 1 saturated heterocycles. The van der Waals surface area contributed by atoms with Gasteiger partial charge in [0, 0.05) is 29.5 Å². The molecule has 0 saturated carbocycles. The Bertz CT molecular complexity index is 458. The first-order chi connectivity index (χ1) is 9.58. The summed E-state index contributed by atoms with van der Waals surface area (Å²) in [5.74, 6) is 0.676. The van der Waals surface area contributed by atoms with E-state index in [-0.39, 0.29) is 11.9 Å². The molecule has 2 heterocycles. The van der Waals surface area contributed by atoms with E-state index in [1.807, 2.05) is 11.0 Å². The van der Waals surface area contributed by atoms with Crippen LogP contribution in [0.25, 0.3) is 0 Å². The van der Waals surface area contributed by atoms with E-state index < -0.39 is 0 Å². The van der Waals surface area contributed by atoms with E-state index in [4.69, 9.17) is 0 Å². The fourth-order valence-corrected chi connectivity index (χ4v) is 2.93. The standard InChI is InChI=1S/C15H22BrN3O/c1-11(2)19(10-12-3-5-17-6-4-12)15(20)13-7-14(16)9-18-8-13/h7-9,11-12,17H,3-6,10H2,1-2H3. The number of hydrogen-bond donors (Lipinski definition) is 1. The normalized spacial score (nSPS) is 16.4. The summed E-state index contributed by atoms with van der Waals surface area (Å²) in [5.41, 5.74) is 0.655. The van der Waals surface area contributed by atoms with E-state index in [0.29, 0.717) is 11.5 Å². The highest BCUT2D eigenvalue weighted by molar-refractivity contribution is 9.10. The molecular formula is C15H22BrN3O. The van der Waals surface area contributed by atoms with Crippen LogP contribution in [0.4, 0.5) is 0 Å². The Morgan fingerprint density at radius 2 is 2.15 bits per heavy atom. The van der Waals surface area contributed by atoms with E-state index in [9.17, 15) is 4.79 Å². The van der Waals surface area contributed by atoms with Crippen LogP contribution >= 0.6 is 15.9 Å². The van der Waals surface area contributed by atoms with Crippen LogP contribution in [0.15, 0.2) is 22.9 Å². The predicted molar refractivity (Wildman–Crippen MR) is 83.7 cm³/mol. The number of amides is 1. The van der Waals surface area contributed by atoms with Gasteiger partial charge in [-0.25, -0.2) is 0 Å². The van der Waals surface area contributed by atoms with Gasteiger partial charge in [0.05, 0.1) is 5.56 Å². The third-order valence-electron chi connectivity index (χ3n) is 3.75. The highest BCUT2D eigenvalue weighted by Crippen LogP contribution is 2.18. The lowest BCUT2D eigenvalue weighted by Crippen LogP contribution is -2.43. The van der Waals surface area contributed by atoms with Crippen LogP contribution < -0.4 is 5.32 Å². The Kier molecular flexibility index (Phi) is 5.54. The van der Waals surface area contributed by atoms with Crippen LogP contribution in [0, 0.1) is 5.92 Å². The molecule has 1 aliphatic rings. The monoisotopic (exact) mass is 339 g/mol. The van der Waals surface area contributed by atoms with Gasteiger partial charge in [-0.2, -0.15) is 0 Å². The minimum atomic E-state index is 0.0762. The molecule has 1 N–H and O–H groups in total.